The molecule has 1 aromatic carbocycles. The Morgan fingerprint density at radius 2 is 1.70 bits per heavy atom. The number of phenolic OH excluding ortho intramolecular Hbond substituents is 1. The molecule has 0 heterocycles. The van der Waals surface area contributed by atoms with Crippen LogP contribution in [0.2, 0.25) is 0 Å². The number of hydrogen-bond donors (Lipinski definition) is 2. The minimum atomic E-state index is 0.117. The van der Waals surface area contributed by atoms with Gasteiger partial charge in [-0.2, -0.15) is 0 Å². The number of benzene rings is 1. The van der Waals surface area contributed by atoms with Gasteiger partial charge in [0.1, 0.15) is 5.75 Å². The van der Waals surface area contributed by atoms with Gasteiger partial charge in [-0.1, -0.05) is 51.2 Å². The standard InChI is InChI=1S/C17H27NO2/c1-2-3-4-5-6-7-14-18-17(20)13-10-15-8-11-16(19)12-9-15/h8-9,11-12,19H,2-7,10,13-14H2,1H3,(H,18,20). The Hall–Kier alpha value is -1.51. The molecule has 0 saturated carbocycles. The first-order valence-corrected chi connectivity index (χ1v) is 7.77. The fourth-order valence-electron chi connectivity index (χ4n) is 2.14. The molecule has 1 rings (SSSR count). The zero-order chi connectivity index (χ0) is 14.6. The van der Waals surface area contributed by atoms with Crippen LogP contribution in [0.25, 0.3) is 0 Å². The van der Waals surface area contributed by atoms with Crippen molar-refractivity contribution in [3.63, 3.8) is 0 Å². The second-order valence-electron chi connectivity index (χ2n) is 5.28. The van der Waals surface area contributed by atoms with Crippen molar-refractivity contribution in [1.29, 1.82) is 0 Å². The molecule has 1 aromatic rings. The first-order chi connectivity index (χ1) is 9.72. The summed E-state index contributed by atoms with van der Waals surface area (Å²) in [6.07, 6.45) is 8.70. The maximum Gasteiger partial charge on any atom is 0.220 e. The summed E-state index contributed by atoms with van der Waals surface area (Å²) < 4.78 is 0. The first kappa shape index (κ1) is 16.5. The third-order valence-electron chi connectivity index (χ3n) is 3.43. The van der Waals surface area contributed by atoms with Gasteiger partial charge in [0.05, 0.1) is 0 Å². The minimum Gasteiger partial charge on any atom is -0.508 e. The molecular weight excluding hydrogens is 250 g/mol. The Balaban J connectivity index is 2.01. The van der Waals surface area contributed by atoms with E-state index in [0.717, 1.165) is 24.9 Å². The van der Waals surface area contributed by atoms with E-state index in [2.05, 4.69) is 12.2 Å². The summed E-state index contributed by atoms with van der Waals surface area (Å²) in [6.45, 7) is 3.01. The molecule has 0 spiro atoms. The molecule has 2 N–H and O–H groups in total. The van der Waals surface area contributed by atoms with Crippen LogP contribution in [0, 0.1) is 0 Å². The van der Waals surface area contributed by atoms with E-state index in [4.69, 9.17) is 0 Å². The zero-order valence-corrected chi connectivity index (χ0v) is 12.5. The van der Waals surface area contributed by atoms with Gasteiger partial charge in [-0.25, -0.2) is 0 Å². The van der Waals surface area contributed by atoms with Gasteiger partial charge in [-0.3, -0.25) is 4.79 Å². The average Bonchev–Trinajstić information content (AvgIpc) is 2.46. The van der Waals surface area contributed by atoms with E-state index in [1.807, 2.05) is 12.1 Å². The lowest BCUT2D eigenvalue weighted by molar-refractivity contribution is -0.121. The Morgan fingerprint density at radius 1 is 1.05 bits per heavy atom. The van der Waals surface area contributed by atoms with Crippen LogP contribution in [0.3, 0.4) is 0 Å². The van der Waals surface area contributed by atoms with E-state index in [1.165, 1.54) is 32.1 Å². The quantitative estimate of drug-likeness (QED) is 0.639. The molecule has 0 radical (unpaired) electrons. The lowest BCUT2D eigenvalue weighted by Gasteiger charge is -2.05. The Labute approximate surface area is 122 Å². The molecule has 1 amide bonds. The molecule has 0 aromatic heterocycles. The monoisotopic (exact) mass is 277 g/mol. The molecule has 20 heavy (non-hydrogen) atoms. The number of aromatic hydroxyl groups is 1. The third-order valence-corrected chi connectivity index (χ3v) is 3.43. The number of aryl methyl sites for hydroxylation is 1. The topological polar surface area (TPSA) is 49.3 Å². The number of carbonyl (C=O) groups excluding carboxylic acids is 1. The largest absolute Gasteiger partial charge is 0.508 e. The highest BCUT2D eigenvalue weighted by Gasteiger charge is 2.01. The van der Waals surface area contributed by atoms with Gasteiger partial charge < -0.3 is 10.4 Å². The van der Waals surface area contributed by atoms with Crippen LogP contribution in [-0.4, -0.2) is 17.6 Å². The zero-order valence-electron chi connectivity index (χ0n) is 12.5. The normalized spacial score (nSPS) is 10.4. The van der Waals surface area contributed by atoms with Crippen LogP contribution in [0.4, 0.5) is 0 Å². The molecule has 3 heteroatoms. The van der Waals surface area contributed by atoms with Gasteiger partial charge in [0.2, 0.25) is 5.91 Å². The van der Waals surface area contributed by atoms with Gasteiger partial charge >= 0.3 is 0 Å². The molecule has 0 atom stereocenters. The van der Waals surface area contributed by atoms with Crippen molar-refractivity contribution in [1.82, 2.24) is 5.32 Å². The van der Waals surface area contributed by atoms with E-state index in [0.29, 0.717) is 6.42 Å². The summed E-state index contributed by atoms with van der Waals surface area (Å²) in [5.41, 5.74) is 1.08. The summed E-state index contributed by atoms with van der Waals surface area (Å²) in [4.78, 5) is 11.7. The average molecular weight is 277 g/mol. The third kappa shape index (κ3) is 7.82. The second kappa shape index (κ2) is 10.3. The fraction of sp³-hybridized carbons (Fsp3) is 0.588. The second-order valence-corrected chi connectivity index (χ2v) is 5.28. The molecule has 3 nitrogen and oxygen atoms in total. The Morgan fingerprint density at radius 3 is 2.40 bits per heavy atom. The molecule has 0 saturated heterocycles. The summed E-state index contributed by atoms with van der Waals surface area (Å²) in [5.74, 6) is 0.382. The Kier molecular flexibility index (Phi) is 8.52. The molecular formula is C17H27NO2. The highest BCUT2D eigenvalue weighted by atomic mass is 16.3. The maximum atomic E-state index is 11.7. The predicted octanol–water partition coefficient (Wildman–Crippen LogP) is 3.80. The molecule has 0 fully saturated rings. The molecule has 0 unspecified atom stereocenters. The summed E-state index contributed by atoms with van der Waals surface area (Å²) in [7, 11) is 0. The minimum absolute atomic E-state index is 0.117. The predicted molar refractivity (Wildman–Crippen MR) is 82.8 cm³/mol. The van der Waals surface area contributed by atoms with E-state index < -0.39 is 0 Å². The number of rotatable bonds is 10. The SMILES string of the molecule is CCCCCCCCNC(=O)CCc1ccc(O)cc1. The van der Waals surface area contributed by atoms with E-state index >= 15 is 0 Å². The van der Waals surface area contributed by atoms with Gasteiger partial charge in [-0.05, 0) is 30.5 Å². The molecule has 0 aliphatic carbocycles. The van der Waals surface area contributed by atoms with Crippen LogP contribution in [-0.2, 0) is 11.2 Å². The van der Waals surface area contributed by atoms with Crippen LogP contribution >= 0.6 is 0 Å². The fourth-order valence-corrected chi connectivity index (χ4v) is 2.14. The van der Waals surface area contributed by atoms with Crippen molar-refractivity contribution in [2.75, 3.05) is 6.54 Å². The van der Waals surface area contributed by atoms with Crippen molar-refractivity contribution >= 4 is 5.91 Å². The van der Waals surface area contributed by atoms with Crippen molar-refractivity contribution in [2.24, 2.45) is 0 Å². The highest BCUT2D eigenvalue weighted by Crippen LogP contribution is 2.11. The van der Waals surface area contributed by atoms with Crippen LogP contribution < -0.4 is 5.32 Å². The van der Waals surface area contributed by atoms with Gasteiger partial charge in [0.25, 0.3) is 0 Å². The van der Waals surface area contributed by atoms with Gasteiger partial charge in [0.15, 0.2) is 0 Å². The highest BCUT2D eigenvalue weighted by molar-refractivity contribution is 5.76. The maximum absolute atomic E-state index is 11.7. The summed E-state index contributed by atoms with van der Waals surface area (Å²) in [6, 6.07) is 7.03. The van der Waals surface area contributed by atoms with Crippen LogP contribution in [0.5, 0.6) is 5.75 Å². The van der Waals surface area contributed by atoms with Crippen molar-refractivity contribution < 1.29 is 9.90 Å². The number of amides is 1. The molecule has 112 valence electrons. The number of unbranched alkanes of at least 4 members (excludes halogenated alkanes) is 5. The van der Waals surface area contributed by atoms with Crippen LogP contribution in [0.15, 0.2) is 24.3 Å². The molecule has 0 bridgehead atoms. The smallest absolute Gasteiger partial charge is 0.220 e. The van der Waals surface area contributed by atoms with Gasteiger partial charge in [-0.15, -0.1) is 0 Å². The van der Waals surface area contributed by atoms with Crippen molar-refractivity contribution in [3.05, 3.63) is 29.8 Å². The van der Waals surface area contributed by atoms with Crippen LogP contribution in [0.1, 0.15) is 57.4 Å². The lowest BCUT2D eigenvalue weighted by Crippen LogP contribution is -2.24. The molecule has 0 aliphatic heterocycles. The number of hydrogen-bond acceptors (Lipinski definition) is 2. The lowest BCUT2D eigenvalue weighted by atomic mass is 10.1. The number of carbonyl (C=O) groups is 1. The van der Waals surface area contributed by atoms with E-state index in [1.54, 1.807) is 12.1 Å². The van der Waals surface area contributed by atoms with E-state index in [9.17, 15) is 9.90 Å². The van der Waals surface area contributed by atoms with Crippen molar-refractivity contribution in [3.8, 4) is 5.75 Å². The summed E-state index contributed by atoms with van der Waals surface area (Å²) >= 11 is 0. The van der Waals surface area contributed by atoms with Gasteiger partial charge in [0, 0.05) is 13.0 Å². The Bertz CT molecular complexity index is 373. The summed E-state index contributed by atoms with van der Waals surface area (Å²) in [5, 5.41) is 12.1. The number of nitrogens with one attached hydrogen (secondary N) is 1. The van der Waals surface area contributed by atoms with E-state index in [-0.39, 0.29) is 11.7 Å². The number of phenols is 1. The molecule has 0 aliphatic rings. The first-order valence-electron chi connectivity index (χ1n) is 7.77. The van der Waals surface area contributed by atoms with Crippen molar-refractivity contribution in [2.45, 2.75) is 58.3 Å².